The lowest BCUT2D eigenvalue weighted by Crippen LogP contribution is -2.19. The van der Waals surface area contributed by atoms with Crippen LogP contribution in [0.5, 0.6) is 0 Å². The van der Waals surface area contributed by atoms with Crippen LogP contribution in [0.3, 0.4) is 0 Å². The van der Waals surface area contributed by atoms with Crippen LogP contribution in [-0.2, 0) is 9.47 Å². The average Bonchev–Trinajstić information content (AvgIpc) is 3.06. The van der Waals surface area contributed by atoms with Gasteiger partial charge in [0.25, 0.3) is 5.91 Å². The van der Waals surface area contributed by atoms with E-state index in [1.165, 1.54) is 13.3 Å². The van der Waals surface area contributed by atoms with Crippen molar-refractivity contribution < 1.29 is 19.1 Å². The Balaban J connectivity index is 1.86. The van der Waals surface area contributed by atoms with Gasteiger partial charge in [0.1, 0.15) is 6.23 Å². The largest absolute Gasteiger partial charge is 0.464 e. The topological polar surface area (TPSA) is 95.3 Å². The lowest BCUT2D eigenvalue weighted by molar-refractivity contribution is -0.0396. The highest BCUT2D eigenvalue weighted by Gasteiger charge is 2.24. The number of nitrogens with zero attached hydrogens (tertiary/aromatic N) is 3. The Kier molecular flexibility index (Phi) is 4.85. The summed E-state index contributed by atoms with van der Waals surface area (Å²) in [5, 5.41) is 6.92. The summed E-state index contributed by atoms with van der Waals surface area (Å²) < 4.78 is 12.0. The number of nitrogens with one attached hydrogen (secondary N) is 1. The van der Waals surface area contributed by atoms with E-state index in [-0.39, 0.29) is 23.5 Å². The Morgan fingerprint density at radius 1 is 1.42 bits per heavy atom. The lowest BCUT2D eigenvalue weighted by Gasteiger charge is -2.22. The van der Waals surface area contributed by atoms with Gasteiger partial charge in [-0.05, 0) is 31.4 Å². The van der Waals surface area contributed by atoms with E-state index in [9.17, 15) is 9.59 Å². The Morgan fingerprint density at radius 2 is 2.29 bits per heavy atom. The molecule has 0 radical (unpaired) electrons. The number of anilines is 1. The predicted molar refractivity (Wildman–Crippen MR) is 84.6 cm³/mol. The van der Waals surface area contributed by atoms with Gasteiger partial charge in [-0.15, -0.1) is 0 Å². The molecule has 1 saturated heterocycles. The summed E-state index contributed by atoms with van der Waals surface area (Å²) in [5.41, 5.74) is 0.712. The van der Waals surface area contributed by atoms with Gasteiger partial charge >= 0.3 is 5.97 Å². The molecule has 1 aliphatic heterocycles. The van der Waals surface area contributed by atoms with E-state index in [1.807, 2.05) is 0 Å². The Bertz CT molecular complexity index is 723. The van der Waals surface area contributed by atoms with E-state index < -0.39 is 5.97 Å². The number of esters is 1. The molecule has 0 saturated carbocycles. The summed E-state index contributed by atoms with van der Waals surface area (Å²) >= 11 is 0. The maximum absolute atomic E-state index is 12.3. The fourth-order valence-electron chi connectivity index (χ4n) is 2.50. The third-order valence-corrected chi connectivity index (χ3v) is 3.73. The van der Waals surface area contributed by atoms with Crippen molar-refractivity contribution in [2.75, 3.05) is 19.0 Å². The van der Waals surface area contributed by atoms with Crippen LogP contribution in [-0.4, -0.2) is 40.4 Å². The minimum Gasteiger partial charge on any atom is -0.464 e. The van der Waals surface area contributed by atoms with Crippen molar-refractivity contribution in [2.24, 2.45) is 0 Å². The molecule has 0 aliphatic carbocycles. The molecule has 1 amide bonds. The monoisotopic (exact) mass is 330 g/mol. The van der Waals surface area contributed by atoms with Gasteiger partial charge in [-0.2, -0.15) is 5.10 Å². The second-order valence-electron chi connectivity index (χ2n) is 5.38. The van der Waals surface area contributed by atoms with Gasteiger partial charge in [0.15, 0.2) is 5.69 Å². The van der Waals surface area contributed by atoms with E-state index in [2.05, 4.69) is 15.4 Å². The highest BCUT2D eigenvalue weighted by molar-refractivity contribution is 6.07. The van der Waals surface area contributed by atoms with Crippen LogP contribution in [0, 0.1) is 0 Å². The number of pyridine rings is 1. The van der Waals surface area contributed by atoms with Crippen molar-refractivity contribution in [3.8, 4) is 0 Å². The normalized spacial score (nSPS) is 17.3. The molecule has 8 heteroatoms. The van der Waals surface area contributed by atoms with Crippen LogP contribution < -0.4 is 5.32 Å². The number of rotatable bonds is 4. The molecule has 8 nitrogen and oxygen atoms in total. The minimum absolute atomic E-state index is 0.0453. The summed E-state index contributed by atoms with van der Waals surface area (Å²) in [6.45, 7) is 0.648. The predicted octanol–water partition coefficient (Wildman–Crippen LogP) is 2.02. The van der Waals surface area contributed by atoms with E-state index >= 15 is 0 Å². The lowest BCUT2D eigenvalue weighted by atomic mass is 10.2. The van der Waals surface area contributed by atoms with Crippen LogP contribution in [0.4, 0.5) is 5.69 Å². The van der Waals surface area contributed by atoms with Crippen LogP contribution >= 0.6 is 0 Å². The van der Waals surface area contributed by atoms with E-state index in [4.69, 9.17) is 9.47 Å². The molecule has 2 aromatic heterocycles. The van der Waals surface area contributed by atoms with Crippen molar-refractivity contribution in [1.29, 1.82) is 0 Å². The van der Waals surface area contributed by atoms with Crippen molar-refractivity contribution in [2.45, 2.75) is 25.5 Å². The summed E-state index contributed by atoms with van der Waals surface area (Å²) in [4.78, 5) is 28.1. The molecular weight excluding hydrogens is 312 g/mol. The molecule has 0 aromatic carbocycles. The van der Waals surface area contributed by atoms with E-state index in [0.29, 0.717) is 12.2 Å². The number of carbonyl (C=O) groups is 2. The van der Waals surface area contributed by atoms with Crippen molar-refractivity contribution in [3.63, 3.8) is 0 Å². The molecule has 1 aliphatic rings. The SMILES string of the molecule is COC(=O)c1nn(C2CCCCO2)cc1NC(=O)c1cccnc1. The fourth-order valence-corrected chi connectivity index (χ4v) is 2.50. The molecule has 0 bridgehead atoms. The molecule has 3 rings (SSSR count). The smallest absolute Gasteiger partial charge is 0.360 e. The first-order chi connectivity index (χ1) is 11.7. The molecular formula is C16H18N4O4. The summed E-state index contributed by atoms with van der Waals surface area (Å²) in [6.07, 6.45) is 7.21. The molecule has 24 heavy (non-hydrogen) atoms. The number of aromatic nitrogens is 3. The summed E-state index contributed by atoms with van der Waals surface area (Å²) in [7, 11) is 1.27. The number of hydrogen-bond donors (Lipinski definition) is 1. The van der Waals surface area contributed by atoms with Crippen molar-refractivity contribution >= 4 is 17.6 Å². The zero-order valence-corrected chi connectivity index (χ0v) is 13.3. The highest BCUT2D eigenvalue weighted by Crippen LogP contribution is 2.25. The van der Waals surface area contributed by atoms with Gasteiger partial charge < -0.3 is 14.8 Å². The summed E-state index contributed by atoms with van der Waals surface area (Å²) in [6, 6.07) is 3.30. The van der Waals surface area contributed by atoms with Crippen molar-refractivity contribution in [1.82, 2.24) is 14.8 Å². The number of methoxy groups -OCH3 is 1. The number of hydrogen-bond acceptors (Lipinski definition) is 6. The Morgan fingerprint density at radius 3 is 2.96 bits per heavy atom. The number of carbonyl (C=O) groups excluding carboxylic acids is 2. The zero-order chi connectivity index (χ0) is 16.9. The standard InChI is InChI=1S/C16H18N4O4/c1-23-16(22)14-12(18-15(21)11-5-4-7-17-9-11)10-20(19-14)13-6-2-3-8-24-13/h4-5,7,9-10,13H,2-3,6,8H2,1H3,(H,18,21). The third kappa shape index (κ3) is 3.43. The maximum atomic E-state index is 12.3. The molecule has 1 unspecified atom stereocenters. The molecule has 0 spiro atoms. The Hall–Kier alpha value is -2.74. The highest BCUT2D eigenvalue weighted by atomic mass is 16.5. The second-order valence-corrected chi connectivity index (χ2v) is 5.38. The van der Waals surface area contributed by atoms with Gasteiger partial charge in [0, 0.05) is 19.0 Å². The first-order valence-electron chi connectivity index (χ1n) is 7.69. The van der Waals surface area contributed by atoms with Crippen LogP contribution in [0.15, 0.2) is 30.7 Å². The average molecular weight is 330 g/mol. The second kappa shape index (κ2) is 7.22. The first kappa shape index (κ1) is 16.1. The fraction of sp³-hybridized carbons (Fsp3) is 0.375. The van der Waals surface area contributed by atoms with Crippen LogP contribution in [0.1, 0.15) is 46.3 Å². The molecule has 3 heterocycles. The quantitative estimate of drug-likeness (QED) is 0.862. The zero-order valence-electron chi connectivity index (χ0n) is 13.3. The Labute approximate surface area is 138 Å². The number of ether oxygens (including phenoxy) is 2. The molecule has 1 fully saturated rings. The molecule has 1 atom stereocenters. The van der Waals surface area contributed by atoms with E-state index in [1.54, 1.807) is 29.2 Å². The van der Waals surface area contributed by atoms with Gasteiger partial charge in [-0.25, -0.2) is 9.48 Å². The van der Waals surface area contributed by atoms with Gasteiger partial charge in [0.05, 0.1) is 24.6 Å². The maximum Gasteiger partial charge on any atom is 0.360 e. The van der Waals surface area contributed by atoms with Gasteiger partial charge in [0.2, 0.25) is 0 Å². The minimum atomic E-state index is -0.619. The van der Waals surface area contributed by atoms with Crippen LogP contribution in [0.2, 0.25) is 0 Å². The van der Waals surface area contributed by atoms with Crippen LogP contribution in [0.25, 0.3) is 0 Å². The van der Waals surface area contributed by atoms with Gasteiger partial charge in [-0.3, -0.25) is 9.78 Å². The molecule has 126 valence electrons. The van der Waals surface area contributed by atoms with Crippen molar-refractivity contribution in [3.05, 3.63) is 42.0 Å². The number of amides is 1. The summed E-state index contributed by atoms with van der Waals surface area (Å²) in [5.74, 6) is -0.997. The molecule has 1 N–H and O–H groups in total. The van der Waals surface area contributed by atoms with Gasteiger partial charge in [-0.1, -0.05) is 0 Å². The third-order valence-electron chi connectivity index (χ3n) is 3.73. The first-order valence-corrected chi connectivity index (χ1v) is 7.69. The molecule has 2 aromatic rings. The van der Waals surface area contributed by atoms with E-state index in [0.717, 1.165) is 19.3 Å².